The van der Waals surface area contributed by atoms with Crippen molar-refractivity contribution in [2.45, 2.75) is 0 Å². The second-order valence-corrected chi connectivity index (χ2v) is 5.49. The number of aromatic nitrogens is 2. The van der Waals surface area contributed by atoms with E-state index in [1.54, 1.807) is 42.2 Å². The molecule has 1 heterocycles. The first-order valence-corrected chi connectivity index (χ1v) is 7.26. The van der Waals surface area contributed by atoms with Crippen LogP contribution in [0.25, 0.3) is 11.1 Å². The number of rotatable bonds is 3. The van der Waals surface area contributed by atoms with Gasteiger partial charge in [0.1, 0.15) is 5.82 Å². The van der Waals surface area contributed by atoms with E-state index in [2.05, 4.69) is 10.4 Å². The smallest absolute Gasteiger partial charge is 0.258 e. The fraction of sp³-hybridized carbons (Fsp3) is 0.0588. The fourth-order valence-corrected chi connectivity index (χ4v) is 2.35. The zero-order chi connectivity index (χ0) is 16.4. The van der Waals surface area contributed by atoms with Gasteiger partial charge in [0.15, 0.2) is 0 Å². The van der Waals surface area contributed by atoms with Gasteiger partial charge in [-0.2, -0.15) is 5.10 Å². The van der Waals surface area contributed by atoms with Crippen molar-refractivity contribution in [3.8, 4) is 11.1 Å². The zero-order valence-corrected chi connectivity index (χ0v) is 13.0. The summed E-state index contributed by atoms with van der Waals surface area (Å²) in [6.07, 6.45) is 3.08. The predicted molar refractivity (Wildman–Crippen MR) is 88.0 cm³/mol. The number of carbonyl (C=O) groups excluding carboxylic acids is 1. The van der Waals surface area contributed by atoms with E-state index in [-0.39, 0.29) is 11.7 Å². The molecule has 23 heavy (non-hydrogen) atoms. The summed E-state index contributed by atoms with van der Waals surface area (Å²) in [6.45, 7) is 0. The summed E-state index contributed by atoms with van der Waals surface area (Å²) in [5, 5.41) is 7.34. The van der Waals surface area contributed by atoms with Gasteiger partial charge in [-0.1, -0.05) is 23.7 Å². The van der Waals surface area contributed by atoms with Gasteiger partial charge < -0.3 is 5.32 Å². The molecule has 0 saturated heterocycles. The number of anilines is 1. The molecule has 2 aromatic carbocycles. The molecule has 0 aliphatic heterocycles. The highest BCUT2D eigenvalue weighted by Crippen LogP contribution is 2.30. The van der Waals surface area contributed by atoms with Gasteiger partial charge in [0.2, 0.25) is 0 Å². The summed E-state index contributed by atoms with van der Waals surface area (Å²) >= 11 is 5.88. The third-order valence-electron chi connectivity index (χ3n) is 3.35. The maximum Gasteiger partial charge on any atom is 0.258 e. The van der Waals surface area contributed by atoms with Crippen molar-refractivity contribution in [1.82, 2.24) is 9.78 Å². The van der Waals surface area contributed by atoms with Crippen molar-refractivity contribution in [3.63, 3.8) is 0 Å². The van der Waals surface area contributed by atoms with E-state index in [0.29, 0.717) is 21.8 Å². The van der Waals surface area contributed by atoms with Crippen molar-refractivity contribution >= 4 is 23.2 Å². The number of carbonyl (C=O) groups is 1. The van der Waals surface area contributed by atoms with E-state index in [1.807, 2.05) is 0 Å². The maximum atomic E-state index is 13.6. The minimum atomic E-state index is -0.380. The molecular formula is C17H13ClFN3O. The molecule has 6 heteroatoms. The Labute approximate surface area is 137 Å². The molecule has 0 radical (unpaired) electrons. The highest BCUT2D eigenvalue weighted by atomic mass is 35.5. The van der Waals surface area contributed by atoms with Gasteiger partial charge in [0.25, 0.3) is 5.91 Å². The predicted octanol–water partition coefficient (Wildman–Crippen LogP) is 4.13. The summed E-state index contributed by atoms with van der Waals surface area (Å²) < 4.78 is 15.2. The zero-order valence-electron chi connectivity index (χ0n) is 12.3. The van der Waals surface area contributed by atoms with E-state index in [0.717, 1.165) is 5.56 Å². The third kappa shape index (κ3) is 3.40. The first kappa shape index (κ1) is 15.2. The number of amides is 1. The van der Waals surface area contributed by atoms with Crippen LogP contribution in [0.1, 0.15) is 10.4 Å². The number of benzene rings is 2. The topological polar surface area (TPSA) is 46.9 Å². The van der Waals surface area contributed by atoms with Crippen LogP contribution < -0.4 is 5.32 Å². The summed E-state index contributed by atoms with van der Waals surface area (Å²) in [6, 6.07) is 11.2. The lowest BCUT2D eigenvalue weighted by molar-refractivity contribution is 0.102. The molecule has 1 aromatic heterocycles. The van der Waals surface area contributed by atoms with Gasteiger partial charge in [-0.15, -0.1) is 0 Å². The molecule has 1 amide bonds. The van der Waals surface area contributed by atoms with E-state index in [4.69, 9.17) is 11.6 Å². The molecule has 0 spiro atoms. The normalized spacial score (nSPS) is 10.6. The van der Waals surface area contributed by atoms with Crippen LogP contribution in [0.5, 0.6) is 0 Å². The number of nitrogens with one attached hydrogen (secondary N) is 1. The maximum absolute atomic E-state index is 13.6. The average Bonchev–Trinajstić information content (AvgIpc) is 2.96. The van der Waals surface area contributed by atoms with Gasteiger partial charge in [-0.05, 0) is 35.9 Å². The van der Waals surface area contributed by atoms with Crippen molar-refractivity contribution in [1.29, 1.82) is 0 Å². The number of aryl methyl sites for hydroxylation is 1. The summed E-state index contributed by atoms with van der Waals surface area (Å²) in [5.41, 5.74) is 2.29. The Hall–Kier alpha value is -2.66. The Kier molecular flexibility index (Phi) is 4.12. The summed E-state index contributed by atoms with van der Waals surface area (Å²) in [4.78, 5) is 12.3. The van der Waals surface area contributed by atoms with Crippen LogP contribution in [-0.4, -0.2) is 15.7 Å². The van der Waals surface area contributed by atoms with Crippen molar-refractivity contribution in [2.75, 3.05) is 5.32 Å². The van der Waals surface area contributed by atoms with Crippen LogP contribution in [-0.2, 0) is 7.05 Å². The number of nitrogens with zero attached hydrogens (tertiary/aromatic N) is 2. The Morgan fingerprint density at radius 2 is 1.96 bits per heavy atom. The molecule has 3 rings (SSSR count). The Balaban J connectivity index is 1.96. The minimum Gasteiger partial charge on any atom is -0.321 e. The lowest BCUT2D eigenvalue weighted by Crippen LogP contribution is -2.12. The highest BCUT2D eigenvalue weighted by molar-refractivity contribution is 6.30. The molecule has 0 unspecified atom stereocenters. The monoisotopic (exact) mass is 329 g/mol. The second kappa shape index (κ2) is 6.22. The van der Waals surface area contributed by atoms with Crippen LogP contribution in [0, 0.1) is 5.82 Å². The van der Waals surface area contributed by atoms with Crippen LogP contribution in [0.15, 0.2) is 54.9 Å². The van der Waals surface area contributed by atoms with Gasteiger partial charge >= 0.3 is 0 Å². The molecule has 3 aromatic rings. The third-order valence-corrected chi connectivity index (χ3v) is 3.60. The van der Waals surface area contributed by atoms with Crippen molar-refractivity contribution in [2.24, 2.45) is 7.05 Å². The number of halogens is 2. The van der Waals surface area contributed by atoms with Crippen LogP contribution in [0.4, 0.5) is 10.1 Å². The van der Waals surface area contributed by atoms with E-state index in [1.165, 1.54) is 24.4 Å². The number of hydrogen-bond acceptors (Lipinski definition) is 2. The summed E-state index contributed by atoms with van der Waals surface area (Å²) in [7, 11) is 1.73. The molecular weight excluding hydrogens is 317 g/mol. The highest BCUT2D eigenvalue weighted by Gasteiger charge is 2.12. The molecule has 116 valence electrons. The molecule has 1 N–H and O–H groups in total. The number of hydrogen-bond donors (Lipinski definition) is 1. The van der Waals surface area contributed by atoms with Gasteiger partial charge in [-0.25, -0.2) is 4.39 Å². The lowest BCUT2D eigenvalue weighted by atomic mass is 10.0. The Morgan fingerprint density at radius 3 is 2.61 bits per heavy atom. The van der Waals surface area contributed by atoms with Gasteiger partial charge in [0.05, 0.1) is 11.8 Å². The molecule has 0 fully saturated rings. The molecule has 4 nitrogen and oxygen atoms in total. The fourth-order valence-electron chi connectivity index (χ4n) is 2.23. The van der Waals surface area contributed by atoms with Gasteiger partial charge in [0, 0.05) is 29.5 Å². The van der Waals surface area contributed by atoms with Crippen LogP contribution in [0.3, 0.4) is 0 Å². The lowest BCUT2D eigenvalue weighted by Gasteiger charge is -2.11. The van der Waals surface area contributed by atoms with E-state index >= 15 is 0 Å². The molecule has 0 aliphatic rings. The van der Waals surface area contributed by atoms with Crippen LogP contribution in [0.2, 0.25) is 5.02 Å². The molecule has 0 saturated carbocycles. The molecule has 0 aliphatic carbocycles. The first-order chi connectivity index (χ1) is 11.0. The average molecular weight is 330 g/mol. The standard InChI is InChI=1S/C17H13ClFN3O/c1-22-10-12(9-20-22)17(23)21-16-7-6-14(19)8-15(16)11-2-4-13(18)5-3-11/h2-10H,1H3,(H,21,23). The molecule has 0 bridgehead atoms. The minimum absolute atomic E-state index is 0.306. The van der Waals surface area contributed by atoms with Crippen molar-refractivity contribution in [3.05, 3.63) is 71.3 Å². The summed E-state index contributed by atoms with van der Waals surface area (Å²) in [5.74, 6) is -0.686. The largest absolute Gasteiger partial charge is 0.321 e. The Morgan fingerprint density at radius 1 is 1.22 bits per heavy atom. The second-order valence-electron chi connectivity index (χ2n) is 5.05. The van der Waals surface area contributed by atoms with Gasteiger partial charge in [-0.3, -0.25) is 9.48 Å². The Bertz CT molecular complexity index is 859. The van der Waals surface area contributed by atoms with E-state index < -0.39 is 0 Å². The van der Waals surface area contributed by atoms with Crippen LogP contribution >= 0.6 is 11.6 Å². The van der Waals surface area contributed by atoms with E-state index in [9.17, 15) is 9.18 Å². The first-order valence-electron chi connectivity index (χ1n) is 6.88. The van der Waals surface area contributed by atoms with Crippen molar-refractivity contribution < 1.29 is 9.18 Å². The SMILES string of the molecule is Cn1cc(C(=O)Nc2ccc(F)cc2-c2ccc(Cl)cc2)cn1. The molecule has 0 atom stereocenters. The quantitative estimate of drug-likeness (QED) is 0.785.